The van der Waals surface area contributed by atoms with Crippen molar-refractivity contribution in [3.05, 3.63) is 20.8 Å². The number of nitrogens with one attached hydrogen (secondary N) is 1. The van der Waals surface area contributed by atoms with Gasteiger partial charge < -0.3 is 5.32 Å². The zero-order chi connectivity index (χ0) is 10.7. The molecule has 1 nitrogen and oxygen atoms in total. The summed E-state index contributed by atoms with van der Waals surface area (Å²) in [4.78, 5) is 0. The van der Waals surface area contributed by atoms with Gasteiger partial charge in [-0.25, -0.2) is 0 Å². The van der Waals surface area contributed by atoms with Crippen LogP contribution in [0.5, 0.6) is 0 Å². The zero-order valence-electron chi connectivity index (χ0n) is 9.13. The van der Waals surface area contributed by atoms with Crippen molar-refractivity contribution in [1.29, 1.82) is 0 Å². The lowest BCUT2D eigenvalue weighted by atomic mass is 9.89. The summed E-state index contributed by atoms with van der Waals surface area (Å²) in [5, 5.41) is 8.00. The molecule has 15 heavy (non-hydrogen) atoms. The van der Waals surface area contributed by atoms with E-state index >= 15 is 0 Å². The van der Waals surface area contributed by atoms with Crippen LogP contribution >= 0.6 is 27.3 Å². The predicted molar refractivity (Wildman–Crippen MR) is 70.7 cm³/mol. The largest absolute Gasteiger partial charge is 0.316 e. The molecule has 1 saturated carbocycles. The van der Waals surface area contributed by atoms with Crippen LogP contribution in [0, 0.1) is 0 Å². The number of hydrogen-bond acceptors (Lipinski definition) is 2. The highest BCUT2D eigenvalue weighted by atomic mass is 79.9. The maximum absolute atomic E-state index is 3.67. The summed E-state index contributed by atoms with van der Waals surface area (Å²) in [5.74, 6) is 0.707. The first-order valence-electron chi connectivity index (χ1n) is 5.71. The van der Waals surface area contributed by atoms with E-state index in [1.807, 2.05) is 0 Å². The second kappa shape index (κ2) is 5.46. The van der Waals surface area contributed by atoms with Gasteiger partial charge in [0, 0.05) is 21.8 Å². The van der Waals surface area contributed by atoms with E-state index in [0.717, 1.165) is 0 Å². The van der Waals surface area contributed by atoms with Crippen molar-refractivity contribution in [2.24, 2.45) is 0 Å². The third-order valence-electron chi connectivity index (χ3n) is 3.43. The molecule has 1 heterocycles. The Labute approximate surface area is 104 Å². The van der Waals surface area contributed by atoms with Gasteiger partial charge in [0.15, 0.2) is 0 Å². The molecule has 0 saturated heterocycles. The molecule has 2 atom stereocenters. The van der Waals surface area contributed by atoms with Crippen LogP contribution in [0.25, 0.3) is 0 Å². The van der Waals surface area contributed by atoms with E-state index in [9.17, 15) is 0 Å². The first-order valence-corrected chi connectivity index (χ1v) is 7.45. The van der Waals surface area contributed by atoms with Gasteiger partial charge >= 0.3 is 0 Å². The number of thiophene rings is 1. The lowest BCUT2D eigenvalue weighted by Crippen LogP contribution is -2.31. The molecule has 1 N–H and O–H groups in total. The Morgan fingerprint density at radius 2 is 2.07 bits per heavy atom. The van der Waals surface area contributed by atoms with Crippen LogP contribution in [-0.2, 0) is 0 Å². The van der Waals surface area contributed by atoms with E-state index in [-0.39, 0.29) is 0 Å². The molecule has 0 amide bonds. The van der Waals surface area contributed by atoms with Crippen molar-refractivity contribution in [2.75, 3.05) is 7.05 Å². The van der Waals surface area contributed by atoms with Crippen molar-refractivity contribution >= 4 is 27.3 Å². The van der Waals surface area contributed by atoms with Gasteiger partial charge in [-0.2, -0.15) is 11.3 Å². The molecule has 84 valence electrons. The second-order valence-electron chi connectivity index (χ2n) is 4.31. The molecular weight excluding hydrogens is 270 g/mol. The molecule has 0 bridgehead atoms. The fourth-order valence-corrected chi connectivity index (χ4v) is 4.24. The van der Waals surface area contributed by atoms with E-state index in [1.165, 1.54) is 42.1 Å². The topological polar surface area (TPSA) is 12.0 Å². The molecule has 0 aliphatic heterocycles. The van der Waals surface area contributed by atoms with Crippen LogP contribution in [-0.4, -0.2) is 13.1 Å². The predicted octanol–water partition coefficient (Wildman–Crippen LogP) is 4.15. The van der Waals surface area contributed by atoms with Crippen LogP contribution in [0.2, 0.25) is 0 Å². The Morgan fingerprint density at radius 3 is 2.73 bits per heavy atom. The molecular formula is C12H18BrNS. The number of hydrogen-bond donors (Lipinski definition) is 1. The molecule has 0 aromatic carbocycles. The van der Waals surface area contributed by atoms with Crippen LogP contribution < -0.4 is 5.32 Å². The highest BCUT2D eigenvalue weighted by Crippen LogP contribution is 2.37. The third kappa shape index (κ3) is 2.63. The quantitative estimate of drug-likeness (QED) is 0.806. The van der Waals surface area contributed by atoms with Gasteiger partial charge in [0.25, 0.3) is 0 Å². The summed E-state index contributed by atoms with van der Waals surface area (Å²) in [6, 6.07) is 0.665. The Bertz CT molecular complexity index is 310. The molecule has 2 rings (SSSR count). The second-order valence-corrected chi connectivity index (χ2v) is 5.91. The van der Waals surface area contributed by atoms with Gasteiger partial charge in [0.05, 0.1) is 0 Å². The standard InChI is InChI=1S/C12H18BrNS/c1-14-12-6-4-2-3-5-9(12)10-7-15-8-11(10)13/h7-9,12,14H,2-6H2,1H3. The molecule has 3 heteroatoms. The van der Waals surface area contributed by atoms with Crippen molar-refractivity contribution in [3.63, 3.8) is 0 Å². The van der Waals surface area contributed by atoms with Gasteiger partial charge in [0.1, 0.15) is 0 Å². The summed E-state index contributed by atoms with van der Waals surface area (Å²) < 4.78 is 1.31. The highest BCUT2D eigenvalue weighted by molar-refractivity contribution is 9.10. The van der Waals surface area contributed by atoms with Crippen molar-refractivity contribution in [1.82, 2.24) is 5.32 Å². The average Bonchev–Trinajstić information content (AvgIpc) is 2.54. The molecule has 0 spiro atoms. The minimum atomic E-state index is 0.665. The van der Waals surface area contributed by atoms with Crippen LogP contribution in [0.1, 0.15) is 43.6 Å². The Kier molecular flexibility index (Phi) is 4.23. The van der Waals surface area contributed by atoms with Crippen molar-refractivity contribution in [3.8, 4) is 0 Å². The lowest BCUT2D eigenvalue weighted by molar-refractivity contribution is 0.439. The van der Waals surface area contributed by atoms with Gasteiger partial charge in [-0.05, 0) is 46.8 Å². The van der Waals surface area contributed by atoms with Gasteiger partial charge in [-0.3, -0.25) is 0 Å². The third-order valence-corrected chi connectivity index (χ3v) is 5.18. The van der Waals surface area contributed by atoms with Crippen molar-refractivity contribution in [2.45, 2.75) is 44.1 Å². The maximum Gasteiger partial charge on any atom is 0.0317 e. The zero-order valence-corrected chi connectivity index (χ0v) is 11.5. The summed E-state index contributed by atoms with van der Waals surface area (Å²) in [7, 11) is 2.10. The maximum atomic E-state index is 3.67. The summed E-state index contributed by atoms with van der Waals surface area (Å²) in [6.45, 7) is 0. The molecule has 1 aromatic rings. The number of rotatable bonds is 2. The van der Waals surface area contributed by atoms with E-state index in [4.69, 9.17) is 0 Å². The van der Waals surface area contributed by atoms with Gasteiger partial charge in [0.2, 0.25) is 0 Å². The minimum absolute atomic E-state index is 0.665. The monoisotopic (exact) mass is 287 g/mol. The lowest BCUT2D eigenvalue weighted by Gasteiger charge is -2.24. The van der Waals surface area contributed by atoms with Crippen LogP contribution in [0.15, 0.2) is 15.2 Å². The highest BCUT2D eigenvalue weighted by Gasteiger charge is 2.25. The Balaban J connectivity index is 2.20. The van der Waals surface area contributed by atoms with Gasteiger partial charge in [-0.15, -0.1) is 0 Å². The first-order chi connectivity index (χ1) is 7.33. The fraction of sp³-hybridized carbons (Fsp3) is 0.667. The molecule has 0 radical (unpaired) electrons. The molecule has 1 aromatic heterocycles. The van der Waals surface area contributed by atoms with E-state index in [0.29, 0.717) is 12.0 Å². The van der Waals surface area contributed by atoms with Gasteiger partial charge in [-0.1, -0.05) is 19.3 Å². The SMILES string of the molecule is CNC1CCCCCC1c1cscc1Br. The van der Waals surface area contributed by atoms with E-state index in [1.54, 1.807) is 11.3 Å². The normalized spacial score (nSPS) is 27.6. The molecule has 2 unspecified atom stereocenters. The molecule has 1 fully saturated rings. The molecule has 1 aliphatic carbocycles. The average molecular weight is 288 g/mol. The smallest absolute Gasteiger partial charge is 0.0317 e. The number of likely N-dealkylation sites (N-methyl/N-ethyl adjacent to an activating group) is 1. The van der Waals surface area contributed by atoms with Crippen molar-refractivity contribution < 1.29 is 0 Å². The van der Waals surface area contributed by atoms with Crippen LogP contribution in [0.3, 0.4) is 0 Å². The summed E-state index contributed by atoms with van der Waals surface area (Å²) >= 11 is 5.47. The number of halogens is 1. The Morgan fingerprint density at radius 1 is 1.27 bits per heavy atom. The first kappa shape index (κ1) is 11.6. The van der Waals surface area contributed by atoms with E-state index < -0.39 is 0 Å². The Hall–Kier alpha value is 0.140. The molecule has 1 aliphatic rings. The van der Waals surface area contributed by atoms with E-state index in [2.05, 4.69) is 39.1 Å². The summed E-state index contributed by atoms with van der Waals surface area (Å²) in [5.41, 5.74) is 1.52. The minimum Gasteiger partial charge on any atom is -0.316 e. The van der Waals surface area contributed by atoms with Crippen LogP contribution in [0.4, 0.5) is 0 Å². The summed E-state index contributed by atoms with van der Waals surface area (Å²) in [6.07, 6.45) is 6.82. The fourth-order valence-electron chi connectivity index (χ4n) is 2.58.